The lowest BCUT2D eigenvalue weighted by Gasteiger charge is -2.35. The van der Waals surface area contributed by atoms with E-state index in [-0.39, 0.29) is 0 Å². The van der Waals surface area contributed by atoms with E-state index in [2.05, 4.69) is 32.7 Å². The average Bonchev–Trinajstić information content (AvgIpc) is 2.46. The largest absolute Gasteiger partial charge is 0.306 e. The van der Waals surface area contributed by atoms with Crippen molar-refractivity contribution in [3.8, 4) is 0 Å². The molecule has 1 rings (SSSR count). The fourth-order valence-electron chi connectivity index (χ4n) is 2.16. The van der Waals surface area contributed by atoms with E-state index < -0.39 is 0 Å². The molecule has 0 aliphatic carbocycles. The molecule has 0 radical (unpaired) electrons. The van der Waals surface area contributed by atoms with Crippen molar-refractivity contribution in [2.45, 2.75) is 67.7 Å². The average molecular weight is 229 g/mol. The van der Waals surface area contributed by atoms with E-state index >= 15 is 0 Å². The molecule has 100 valence electrons. The maximum absolute atomic E-state index is 2.49. The van der Waals surface area contributed by atoms with E-state index in [1.807, 2.05) is 27.7 Å². The summed E-state index contributed by atoms with van der Waals surface area (Å²) in [5, 5.41) is 0. The summed E-state index contributed by atoms with van der Waals surface area (Å²) >= 11 is 0. The fourth-order valence-corrected chi connectivity index (χ4v) is 2.16. The molecule has 1 saturated heterocycles. The topological polar surface area (TPSA) is 3.24 Å². The van der Waals surface area contributed by atoms with Crippen LogP contribution in [0.1, 0.15) is 67.7 Å². The highest BCUT2D eigenvalue weighted by atomic mass is 15.1. The van der Waals surface area contributed by atoms with E-state index in [1.165, 1.54) is 32.4 Å². The van der Waals surface area contributed by atoms with Crippen LogP contribution in [-0.2, 0) is 0 Å². The molecule has 1 fully saturated rings. The Morgan fingerprint density at radius 2 is 1.50 bits per heavy atom. The van der Waals surface area contributed by atoms with Crippen LogP contribution in [0.25, 0.3) is 0 Å². The zero-order valence-corrected chi connectivity index (χ0v) is 13.1. The van der Waals surface area contributed by atoms with Gasteiger partial charge in [0.2, 0.25) is 0 Å². The number of likely N-dealkylation sites (tertiary alicyclic amines) is 1. The first-order valence-corrected chi connectivity index (χ1v) is 7.23. The van der Waals surface area contributed by atoms with Crippen molar-refractivity contribution in [2.75, 3.05) is 20.1 Å². The Morgan fingerprint density at radius 3 is 1.94 bits per heavy atom. The van der Waals surface area contributed by atoms with Crippen LogP contribution in [0.5, 0.6) is 0 Å². The van der Waals surface area contributed by atoms with Gasteiger partial charge in [0.1, 0.15) is 0 Å². The van der Waals surface area contributed by atoms with Gasteiger partial charge in [0.05, 0.1) is 0 Å². The molecule has 0 amide bonds. The summed E-state index contributed by atoms with van der Waals surface area (Å²) in [4.78, 5) is 2.49. The lowest BCUT2D eigenvalue weighted by molar-refractivity contribution is 0.145. The predicted octanol–water partition coefficient (Wildman–Crippen LogP) is 4.82. The van der Waals surface area contributed by atoms with Gasteiger partial charge in [-0.25, -0.2) is 0 Å². The standard InChI is InChI=1S/C11H23N.2C2H6/c1-10(2)11(3)7-5-6-8-12(4)9-11;2*1-2/h10H,5-9H2,1-4H3;2*1-2H3. The second-order valence-corrected chi connectivity index (χ2v) is 5.00. The monoisotopic (exact) mass is 229 g/mol. The maximum Gasteiger partial charge on any atom is 0.00347 e. The molecule has 0 spiro atoms. The van der Waals surface area contributed by atoms with Gasteiger partial charge in [-0.1, -0.05) is 54.9 Å². The zero-order valence-electron chi connectivity index (χ0n) is 13.1. The highest BCUT2D eigenvalue weighted by Gasteiger charge is 2.30. The fraction of sp³-hybridized carbons (Fsp3) is 1.00. The first-order chi connectivity index (χ1) is 7.54. The van der Waals surface area contributed by atoms with E-state index in [0.717, 1.165) is 5.92 Å². The van der Waals surface area contributed by atoms with Crippen LogP contribution in [0.4, 0.5) is 0 Å². The van der Waals surface area contributed by atoms with Crippen LogP contribution in [0.3, 0.4) is 0 Å². The third-order valence-electron chi connectivity index (χ3n) is 3.56. The summed E-state index contributed by atoms with van der Waals surface area (Å²) < 4.78 is 0. The Labute approximate surface area is 105 Å². The van der Waals surface area contributed by atoms with Crippen molar-refractivity contribution in [1.29, 1.82) is 0 Å². The summed E-state index contributed by atoms with van der Waals surface area (Å²) in [6.07, 6.45) is 4.22. The minimum atomic E-state index is 0.561. The maximum atomic E-state index is 2.49. The molecule has 0 N–H and O–H groups in total. The van der Waals surface area contributed by atoms with Gasteiger partial charge in [-0.2, -0.15) is 0 Å². The molecule has 16 heavy (non-hydrogen) atoms. The Kier molecular flexibility index (Phi) is 11.6. The molecule has 0 saturated carbocycles. The molecule has 1 atom stereocenters. The second kappa shape index (κ2) is 10.1. The van der Waals surface area contributed by atoms with Gasteiger partial charge >= 0.3 is 0 Å². The lowest BCUT2D eigenvalue weighted by Crippen LogP contribution is -2.35. The SMILES string of the molecule is CC.CC.CC(C)C1(C)CCCCN(C)C1. The molecule has 0 aromatic carbocycles. The van der Waals surface area contributed by atoms with Crippen molar-refractivity contribution >= 4 is 0 Å². The van der Waals surface area contributed by atoms with Gasteiger partial charge in [-0.15, -0.1) is 0 Å². The van der Waals surface area contributed by atoms with Crippen LogP contribution in [0.2, 0.25) is 0 Å². The van der Waals surface area contributed by atoms with Gasteiger partial charge in [0, 0.05) is 6.54 Å². The Bertz CT molecular complexity index is 142. The first-order valence-electron chi connectivity index (χ1n) is 7.23. The minimum Gasteiger partial charge on any atom is -0.306 e. The second-order valence-electron chi connectivity index (χ2n) is 5.00. The molecule has 1 aliphatic heterocycles. The van der Waals surface area contributed by atoms with Crippen molar-refractivity contribution < 1.29 is 0 Å². The van der Waals surface area contributed by atoms with E-state index in [4.69, 9.17) is 0 Å². The smallest absolute Gasteiger partial charge is 0.00347 e. The van der Waals surface area contributed by atoms with Crippen LogP contribution in [-0.4, -0.2) is 25.0 Å². The quantitative estimate of drug-likeness (QED) is 0.623. The molecule has 0 bridgehead atoms. The van der Waals surface area contributed by atoms with Gasteiger partial charge in [0.15, 0.2) is 0 Å². The Morgan fingerprint density at radius 1 is 1.00 bits per heavy atom. The highest BCUT2D eigenvalue weighted by molar-refractivity contribution is 4.83. The zero-order chi connectivity index (χ0) is 13.2. The Balaban J connectivity index is 0. The summed E-state index contributed by atoms with van der Waals surface area (Å²) in [6.45, 7) is 17.7. The number of rotatable bonds is 1. The summed E-state index contributed by atoms with van der Waals surface area (Å²) in [5.41, 5.74) is 0.561. The predicted molar refractivity (Wildman–Crippen MR) is 77.0 cm³/mol. The molecule has 1 aliphatic rings. The van der Waals surface area contributed by atoms with E-state index in [0.29, 0.717) is 5.41 Å². The van der Waals surface area contributed by atoms with Crippen LogP contribution in [0.15, 0.2) is 0 Å². The number of hydrogen-bond acceptors (Lipinski definition) is 1. The lowest BCUT2D eigenvalue weighted by atomic mass is 9.75. The van der Waals surface area contributed by atoms with Gasteiger partial charge in [-0.05, 0) is 37.8 Å². The summed E-state index contributed by atoms with van der Waals surface area (Å²) in [5.74, 6) is 0.818. The van der Waals surface area contributed by atoms with Gasteiger partial charge in [0.25, 0.3) is 0 Å². The highest BCUT2D eigenvalue weighted by Crippen LogP contribution is 2.35. The minimum absolute atomic E-state index is 0.561. The molecular formula is C15H35N. The van der Waals surface area contributed by atoms with Crippen LogP contribution in [0, 0.1) is 11.3 Å². The van der Waals surface area contributed by atoms with E-state index in [1.54, 1.807) is 0 Å². The van der Waals surface area contributed by atoms with Crippen molar-refractivity contribution in [3.63, 3.8) is 0 Å². The molecule has 1 heteroatoms. The third kappa shape index (κ3) is 6.52. The molecule has 0 aromatic rings. The molecule has 1 unspecified atom stereocenters. The summed E-state index contributed by atoms with van der Waals surface area (Å²) in [7, 11) is 2.26. The van der Waals surface area contributed by atoms with Crippen LogP contribution >= 0.6 is 0 Å². The summed E-state index contributed by atoms with van der Waals surface area (Å²) in [6, 6.07) is 0. The van der Waals surface area contributed by atoms with Gasteiger partial charge in [-0.3, -0.25) is 0 Å². The van der Waals surface area contributed by atoms with Gasteiger partial charge < -0.3 is 4.90 Å². The number of hydrogen-bond donors (Lipinski definition) is 0. The third-order valence-corrected chi connectivity index (χ3v) is 3.56. The molecule has 0 aromatic heterocycles. The number of nitrogens with zero attached hydrogens (tertiary/aromatic N) is 1. The molecule has 1 nitrogen and oxygen atoms in total. The first kappa shape index (κ1) is 18.3. The molecular weight excluding hydrogens is 194 g/mol. The van der Waals surface area contributed by atoms with Crippen molar-refractivity contribution in [1.82, 2.24) is 4.90 Å². The molecule has 1 heterocycles. The van der Waals surface area contributed by atoms with Crippen LogP contribution < -0.4 is 0 Å². The Hall–Kier alpha value is -0.0400. The van der Waals surface area contributed by atoms with E-state index in [9.17, 15) is 0 Å². The van der Waals surface area contributed by atoms with Crippen molar-refractivity contribution in [3.05, 3.63) is 0 Å². The van der Waals surface area contributed by atoms with Crippen molar-refractivity contribution in [2.24, 2.45) is 11.3 Å². The normalized spacial score (nSPS) is 26.1.